The van der Waals surface area contributed by atoms with Crippen LogP contribution in [0.1, 0.15) is 40.5 Å². The van der Waals surface area contributed by atoms with Gasteiger partial charge in [0.2, 0.25) is 0 Å². The topological polar surface area (TPSA) is 75.2 Å². The van der Waals surface area contributed by atoms with Gasteiger partial charge in [-0.3, -0.25) is 9.89 Å². The van der Waals surface area contributed by atoms with Crippen LogP contribution in [0.15, 0.2) is 54.7 Å². The minimum atomic E-state index is -0.788. The molecule has 0 aliphatic rings. The number of hydrogen-bond acceptors (Lipinski definition) is 3. The summed E-state index contributed by atoms with van der Waals surface area (Å²) in [5.41, 5.74) is 4.98. The van der Waals surface area contributed by atoms with Gasteiger partial charge in [-0.1, -0.05) is 36.4 Å². The van der Waals surface area contributed by atoms with Crippen LogP contribution in [-0.2, 0) is 11.2 Å². The Morgan fingerprint density at radius 1 is 1.19 bits per heavy atom. The molecule has 1 aromatic heterocycles. The van der Waals surface area contributed by atoms with E-state index >= 15 is 0 Å². The fraction of sp³-hybridized carbons (Fsp3) is 0.238. The molecule has 0 aliphatic carbocycles. The number of H-pyrrole nitrogens is 1. The Morgan fingerprint density at radius 3 is 2.58 bits per heavy atom. The number of rotatable bonds is 7. The van der Waals surface area contributed by atoms with Gasteiger partial charge in [-0.2, -0.15) is 5.10 Å². The van der Waals surface area contributed by atoms with Crippen LogP contribution in [0.3, 0.4) is 0 Å². The van der Waals surface area contributed by atoms with E-state index in [2.05, 4.69) is 10.2 Å². The summed E-state index contributed by atoms with van der Waals surface area (Å²) in [6, 6.07) is 15.8. The van der Waals surface area contributed by atoms with E-state index in [1.54, 1.807) is 0 Å². The molecular formula is C21H22N2O3. The van der Waals surface area contributed by atoms with Crippen LogP contribution in [-0.4, -0.2) is 21.3 Å². The van der Waals surface area contributed by atoms with Gasteiger partial charge in [0.05, 0.1) is 5.69 Å². The van der Waals surface area contributed by atoms with Crippen molar-refractivity contribution in [2.24, 2.45) is 0 Å². The van der Waals surface area contributed by atoms with Crippen molar-refractivity contribution in [3.63, 3.8) is 0 Å². The van der Waals surface area contributed by atoms with E-state index < -0.39 is 5.97 Å². The fourth-order valence-electron chi connectivity index (χ4n) is 2.97. The average molecular weight is 350 g/mol. The highest BCUT2D eigenvalue weighted by Gasteiger charge is 2.20. The number of hydrogen-bond donors (Lipinski definition) is 2. The van der Waals surface area contributed by atoms with Crippen molar-refractivity contribution >= 4 is 5.97 Å². The Labute approximate surface area is 152 Å². The molecule has 0 spiro atoms. The first-order valence-corrected chi connectivity index (χ1v) is 8.58. The van der Waals surface area contributed by atoms with Crippen LogP contribution >= 0.6 is 0 Å². The van der Waals surface area contributed by atoms with Crippen LogP contribution in [0.4, 0.5) is 0 Å². The second kappa shape index (κ2) is 7.87. The first-order valence-electron chi connectivity index (χ1n) is 8.58. The van der Waals surface area contributed by atoms with Crippen molar-refractivity contribution in [1.82, 2.24) is 10.2 Å². The highest BCUT2D eigenvalue weighted by Crippen LogP contribution is 2.30. The lowest BCUT2D eigenvalue weighted by Crippen LogP contribution is -2.10. The summed E-state index contributed by atoms with van der Waals surface area (Å²) in [4.78, 5) is 10.8. The normalized spacial score (nSPS) is 11.9. The monoisotopic (exact) mass is 350 g/mol. The molecule has 26 heavy (non-hydrogen) atoms. The Bertz CT molecular complexity index is 887. The maximum absolute atomic E-state index is 10.8. The van der Waals surface area contributed by atoms with Crippen LogP contribution in [0.25, 0.3) is 0 Å². The SMILES string of the molecule is Cc1cc(OC(c2ccccc2)c2c[nH]nc2C)ccc1CCC(=O)O. The van der Waals surface area contributed by atoms with Gasteiger partial charge in [-0.05, 0) is 49.1 Å². The average Bonchev–Trinajstić information content (AvgIpc) is 3.05. The summed E-state index contributed by atoms with van der Waals surface area (Å²) in [5.74, 6) is -0.0414. The lowest BCUT2D eigenvalue weighted by molar-refractivity contribution is -0.136. The van der Waals surface area contributed by atoms with Crippen molar-refractivity contribution < 1.29 is 14.6 Å². The van der Waals surface area contributed by atoms with E-state index in [1.807, 2.05) is 68.6 Å². The van der Waals surface area contributed by atoms with Gasteiger partial charge in [0.15, 0.2) is 6.10 Å². The fourth-order valence-corrected chi connectivity index (χ4v) is 2.97. The number of carboxylic acid groups (broad SMARTS) is 1. The summed E-state index contributed by atoms with van der Waals surface area (Å²) in [7, 11) is 0. The third-order valence-electron chi connectivity index (χ3n) is 4.43. The standard InChI is InChI=1S/C21H22N2O3/c1-14-12-18(10-8-16(14)9-11-20(24)25)26-21(17-6-4-3-5-7-17)19-13-22-23-15(19)2/h3-8,10,12-13,21H,9,11H2,1-2H3,(H,22,23)(H,24,25). The van der Waals surface area contributed by atoms with E-state index in [1.165, 1.54) is 0 Å². The number of benzene rings is 2. The first-order chi connectivity index (χ1) is 12.5. The third kappa shape index (κ3) is 4.11. The van der Waals surface area contributed by atoms with E-state index in [4.69, 9.17) is 9.84 Å². The zero-order chi connectivity index (χ0) is 18.5. The highest BCUT2D eigenvalue weighted by atomic mass is 16.5. The smallest absolute Gasteiger partial charge is 0.303 e. The molecule has 1 unspecified atom stereocenters. The van der Waals surface area contributed by atoms with E-state index in [0.29, 0.717) is 6.42 Å². The molecule has 2 aromatic carbocycles. The first kappa shape index (κ1) is 17.7. The van der Waals surface area contributed by atoms with Crippen molar-refractivity contribution in [3.8, 4) is 5.75 Å². The van der Waals surface area contributed by atoms with Gasteiger partial charge < -0.3 is 9.84 Å². The predicted molar refractivity (Wildman–Crippen MR) is 99.4 cm³/mol. The maximum Gasteiger partial charge on any atom is 0.303 e. The number of carboxylic acids is 1. The zero-order valence-corrected chi connectivity index (χ0v) is 14.9. The lowest BCUT2D eigenvalue weighted by Gasteiger charge is -2.20. The van der Waals surface area contributed by atoms with Gasteiger partial charge in [-0.25, -0.2) is 0 Å². The molecular weight excluding hydrogens is 328 g/mol. The van der Waals surface area contributed by atoms with Gasteiger partial charge >= 0.3 is 5.97 Å². The number of aromatic nitrogens is 2. The molecule has 3 rings (SSSR count). The molecule has 1 heterocycles. The van der Waals surface area contributed by atoms with Crippen LogP contribution in [0.2, 0.25) is 0 Å². The zero-order valence-electron chi connectivity index (χ0n) is 14.9. The Morgan fingerprint density at radius 2 is 1.96 bits per heavy atom. The third-order valence-corrected chi connectivity index (χ3v) is 4.43. The predicted octanol–water partition coefficient (Wildman–Crippen LogP) is 4.21. The number of aliphatic carboxylic acids is 1. The second-order valence-corrected chi connectivity index (χ2v) is 6.32. The van der Waals surface area contributed by atoms with Gasteiger partial charge in [0.1, 0.15) is 5.75 Å². The summed E-state index contributed by atoms with van der Waals surface area (Å²) < 4.78 is 6.31. The van der Waals surface area contributed by atoms with Crippen molar-refractivity contribution in [3.05, 3.63) is 82.7 Å². The number of nitrogens with one attached hydrogen (secondary N) is 1. The number of carbonyl (C=O) groups is 1. The Hall–Kier alpha value is -3.08. The molecule has 0 amide bonds. The van der Waals surface area contributed by atoms with Gasteiger partial charge in [-0.15, -0.1) is 0 Å². The van der Waals surface area contributed by atoms with Crippen molar-refractivity contribution in [2.45, 2.75) is 32.8 Å². The van der Waals surface area contributed by atoms with Crippen LogP contribution < -0.4 is 4.74 Å². The molecule has 0 saturated carbocycles. The minimum absolute atomic E-state index is 0.127. The highest BCUT2D eigenvalue weighted by molar-refractivity contribution is 5.67. The van der Waals surface area contributed by atoms with Gasteiger partial charge in [0.25, 0.3) is 0 Å². The van der Waals surface area contributed by atoms with E-state index in [9.17, 15) is 4.79 Å². The number of nitrogens with zero attached hydrogens (tertiary/aromatic N) is 1. The van der Waals surface area contributed by atoms with E-state index in [-0.39, 0.29) is 12.5 Å². The maximum atomic E-state index is 10.8. The Kier molecular flexibility index (Phi) is 5.37. The molecule has 2 N–H and O–H groups in total. The van der Waals surface area contributed by atoms with Crippen molar-refractivity contribution in [1.29, 1.82) is 0 Å². The van der Waals surface area contributed by atoms with Crippen LogP contribution in [0.5, 0.6) is 5.75 Å². The molecule has 5 nitrogen and oxygen atoms in total. The summed E-state index contributed by atoms with van der Waals surface area (Å²) in [6.45, 7) is 3.93. The molecule has 1 atom stereocenters. The van der Waals surface area contributed by atoms with Crippen molar-refractivity contribution in [2.75, 3.05) is 0 Å². The quantitative estimate of drug-likeness (QED) is 0.669. The molecule has 0 aliphatic heterocycles. The van der Waals surface area contributed by atoms with Gasteiger partial charge in [0, 0.05) is 18.2 Å². The molecule has 0 radical (unpaired) electrons. The Balaban J connectivity index is 1.87. The molecule has 0 fully saturated rings. The molecule has 0 bridgehead atoms. The van der Waals surface area contributed by atoms with Crippen LogP contribution in [0, 0.1) is 13.8 Å². The largest absolute Gasteiger partial charge is 0.481 e. The number of aryl methyl sites for hydroxylation is 3. The summed E-state index contributed by atoms with van der Waals surface area (Å²) >= 11 is 0. The number of ether oxygens (including phenoxy) is 1. The summed E-state index contributed by atoms with van der Waals surface area (Å²) in [6.07, 6.45) is 2.24. The molecule has 0 saturated heterocycles. The lowest BCUT2D eigenvalue weighted by atomic mass is 10.0. The minimum Gasteiger partial charge on any atom is -0.481 e. The molecule has 5 heteroatoms. The molecule has 134 valence electrons. The second-order valence-electron chi connectivity index (χ2n) is 6.32. The molecule has 3 aromatic rings. The number of aromatic amines is 1. The van der Waals surface area contributed by atoms with E-state index in [0.717, 1.165) is 33.7 Å². The summed E-state index contributed by atoms with van der Waals surface area (Å²) in [5, 5.41) is 16.0.